The van der Waals surface area contributed by atoms with Crippen LogP contribution in [-0.4, -0.2) is 22.7 Å². The van der Waals surface area contributed by atoms with E-state index in [-0.39, 0.29) is 11.8 Å². The molecular weight excluding hydrogens is 300 g/mol. The molecule has 0 aliphatic rings. The average Bonchev–Trinajstić information content (AvgIpc) is 2.94. The molecule has 6 nitrogen and oxygen atoms in total. The van der Waals surface area contributed by atoms with Crippen molar-refractivity contribution >= 4 is 28.1 Å². The van der Waals surface area contributed by atoms with E-state index in [2.05, 4.69) is 15.5 Å². The van der Waals surface area contributed by atoms with Crippen molar-refractivity contribution in [3.8, 4) is 5.75 Å². The van der Waals surface area contributed by atoms with Gasteiger partial charge in [-0.1, -0.05) is 32.1 Å². The minimum absolute atomic E-state index is 0.264. The monoisotopic (exact) mass is 320 g/mol. The molecule has 0 saturated heterocycles. The predicted molar refractivity (Wildman–Crippen MR) is 88.6 cm³/mol. The fourth-order valence-electron chi connectivity index (χ4n) is 1.72. The van der Waals surface area contributed by atoms with Crippen LogP contribution in [0.4, 0.5) is 10.8 Å². The molecule has 22 heavy (non-hydrogen) atoms. The zero-order chi connectivity index (χ0) is 16.1. The van der Waals surface area contributed by atoms with Gasteiger partial charge in [0, 0.05) is 11.5 Å². The first-order valence-electron chi connectivity index (χ1n) is 7.18. The summed E-state index contributed by atoms with van der Waals surface area (Å²) in [5, 5.41) is 12.1. The SMILES string of the molecule is CCCOc1ccc(C(=O)Nc2nnc(C(C)C)s2)cc1N. The highest BCUT2D eigenvalue weighted by Crippen LogP contribution is 2.25. The molecule has 1 heterocycles. The first-order valence-corrected chi connectivity index (χ1v) is 8.00. The lowest BCUT2D eigenvalue weighted by Gasteiger charge is -2.09. The highest BCUT2D eigenvalue weighted by atomic mass is 32.1. The van der Waals surface area contributed by atoms with Gasteiger partial charge in [-0.2, -0.15) is 0 Å². The number of nitrogens with one attached hydrogen (secondary N) is 1. The quantitative estimate of drug-likeness (QED) is 0.797. The molecule has 0 saturated carbocycles. The third-order valence-electron chi connectivity index (χ3n) is 2.89. The summed E-state index contributed by atoms with van der Waals surface area (Å²) in [5.41, 5.74) is 6.81. The molecule has 1 aromatic heterocycles. The Kier molecular flexibility index (Phi) is 5.32. The van der Waals surface area contributed by atoms with Crippen molar-refractivity contribution in [3.63, 3.8) is 0 Å². The fraction of sp³-hybridized carbons (Fsp3) is 0.400. The number of hydrogen-bond acceptors (Lipinski definition) is 6. The van der Waals surface area contributed by atoms with Crippen molar-refractivity contribution in [2.24, 2.45) is 0 Å². The highest BCUT2D eigenvalue weighted by Gasteiger charge is 2.13. The number of nitrogen functional groups attached to an aromatic ring is 1. The third kappa shape index (κ3) is 3.94. The topological polar surface area (TPSA) is 90.1 Å². The van der Waals surface area contributed by atoms with E-state index >= 15 is 0 Å². The molecule has 0 aliphatic carbocycles. The van der Waals surface area contributed by atoms with Gasteiger partial charge in [0.25, 0.3) is 5.91 Å². The zero-order valence-corrected chi connectivity index (χ0v) is 13.7. The first-order chi connectivity index (χ1) is 10.5. The molecule has 0 bridgehead atoms. The molecule has 1 amide bonds. The number of anilines is 2. The van der Waals surface area contributed by atoms with Gasteiger partial charge in [-0.3, -0.25) is 10.1 Å². The Labute approximate surface area is 133 Å². The lowest BCUT2D eigenvalue weighted by atomic mass is 10.2. The summed E-state index contributed by atoms with van der Waals surface area (Å²) in [6, 6.07) is 4.99. The van der Waals surface area contributed by atoms with Gasteiger partial charge in [0.2, 0.25) is 5.13 Å². The number of aromatic nitrogens is 2. The molecule has 0 spiro atoms. The van der Waals surface area contributed by atoms with Gasteiger partial charge in [0.1, 0.15) is 10.8 Å². The molecule has 118 valence electrons. The zero-order valence-electron chi connectivity index (χ0n) is 12.9. The molecule has 2 rings (SSSR count). The van der Waals surface area contributed by atoms with E-state index < -0.39 is 0 Å². The minimum atomic E-state index is -0.264. The fourth-order valence-corrected chi connectivity index (χ4v) is 2.46. The lowest BCUT2D eigenvalue weighted by molar-refractivity contribution is 0.102. The van der Waals surface area contributed by atoms with Crippen LogP contribution in [0.25, 0.3) is 0 Å². The number of nitrogens with two attached hydrogens (primary N) is 1. The van der Waals surface area contributed by atoms with E-state index in [0.29, 0.717) is 28.7 Å². The summed E-state index contributed by atoms with van der Waals surface area (Å²) in [5.74, 6) is 0.616. The second-order valence-corrected chi connectivity index (χ2v) is 6.16. The van der Waals surface area contributed by atoms with Gasteiger partial charge >= 0.3 is 0 Å². The summed E-state index contributed by atoms with van der Waals surface area (Å²) >= 11 is 1.37. The Bertz CT molecular complexity index is 655. The van der Waals surface area contributed by atoms with Crippen LogP contribution in [-0.2, 0) is 0 Å². The van der Waals surface area contributed by atoms with Gasteiger partial charge < -0.3 is 10.5 Å². The molecule has 2 aromatic rings. The van der Waals surface area contributed by atoms with Crippen molar-refractivity contribution in [3.05, 3.63) is 28.8 Å². The second kappa shape index (κ2) is 7.22. The number of nitrogens with zero attached hydrogens (tertiary/aromatic N) is 2. The van der Waals surface area contributed by atoms with E-state index in [1.165, 1.54) is 11.3 Å². The van der Waals surface area contributed by atoms with Crippen LogP contribution < -0.4 is 15.8 Å². The Morgan fingerprint density at radius 3 is 2.77 bits per heavy atom. The van der Waals surface area contributed by atoms with Crippen LogP contribution in [0.5, 0.6) is 5.75 Å². The smallest absolute Gasteiger partial charge is 0.257 e. The van der Waals surface area contributed by atoms with Crippen LogP contribution in [0, 0.1) is 0 Å². The lowest BCUT2D eigenvalue weighted by Crippen LogP contribution is -2.12. The maximum atomic E-state index is 12.2. The van der Waals surface area contributed by atoms with E-state index in [1.807, 2.05) is 20.8 Å². The van der Waals surface area contributed by atoms with E-state index in [9.17, 15) is 4.79 Å². The maximum absolute atomic E-state index is 12.2. The summed E-state index contributed by atoms with van der Waals surface area (Å²) in [6.45, 7) is 6.67. The largest absolute Gasteiger partial charge is 0.491 e. The van der Waals surface area contributed by atoms with Crippen molar-refractivity contribution in [1.29, 1.82) is 0 Å². The van der Waals surface area contributed by atoms with Gasteiger partial charge in [-0.05, 0) is 24.6 Å². The van der Waals surface area contributed by atoms with E-state index in [1.54, 1.807) is 18.2 Å². The summed E-state index contributed by atoms with van der Waals surface area (Å²) < 4.78 is 5.49. The number of carbonyl (C=O) groups excluding carboxylic acids is 1. The van der Waals surface area contributed by atoms with Crippen molar-refractivity contribution in [2.45, 2.75) is 33.1 Å². The van der Waals surface area contributed by atoms with Crippen LogP contribution >= 0.6 is 11.3 Å². The Balaban J connectivity index is 2.07. The van der Waals surface area contributed by atoms with Crippen LogP contribution in [0.2, 0.25) is 0 Å². The van der Waals surface area contributed by atoms with Gasteiger partial charge in [-0.15, -0.1) is 10.2 Å². The van der Waals surface area contributed by atoms with Gasteiger partial charge in [0.15, 0.2) is 0 Å². The average molecular weight is 320 g/mol. The minimum Gasteiger partial charge on any atom is -0.491 e. The molecule has 7 heteroatoms. The van der Waals surface area contributed by atoms with Crippen molar-refractivity contribution in [1.82, 2.24) is 10.2 Å². The number of amides is 1. The number of hydrogen-bond donors (Lipinski definition) is 2. The number of rotatable bonds is 6. The number of benzene rings is 1. The van der Waals surface area contributed by atoms with Crippen LogP contribution in [0.15, 0.2) is 18.2 Å². The number of ether oxygens (including phenoxy) is 1. The van der Waals surface area contributed by atoms with Crippen molar-refractivity contribution < 1.29 is 9.53 Å². The number of carbonyl (C=O) groups is 1. The normalized spacial score (nSPS) is 10.7. The molecular formula is C15H20N4O2S. The molecule has 1 aromatic carbocycles. The standard InChI is InChI=1S/C15H20N4O2S/c1-4-7-21-12-6-5-10(8-11(12)16)13(20)17-15-19-18-14(22-15)9(2)3/h5-6,8-9H,4,7,16H2,1-3H3,(H,17,19,20). The van der Waals surface area contributed by atoms with Crippen LogP contribution in [0.3, 0.4) is 0 Å². The van der Waals surface area contributed by atoms with E-state index in [4.69, 9.17) is 10.5 Å². The van der Waals surface area contributed by atoms with E-state index in [0.717, 1.165) is 11.4 Å². The first kappa shape index (κ1) is 16.2. The molecule has 0 atom stereocenters. The molecule has 3 N–H and O–H groups in total. The van der Waals surface area contributed by atoms with Gasteiger partial charge in [-0.25, -0.2) is 0 Å². The second-order valence-electron chi connectivity index (χ2n) is 5.16. The molecule has 0 unspecified atom stereocenters. The van der Waals surface area contributed by atoms with Crippen molar-refractivity contribution in [2.75, 3.05) is 17.7 Å². The summed E-state index contributed by atoms with van der Waals surface area (Å²) in [4.78, 5) is 12.2. The Hall–Kier alpha value is -2.15. The summed E-state index contributed by atoms with van der Waals surface area (Å²) in [7, 11) is 0. The van der Waals surface area contributed by atoms with Crippen LogP contribution in [0.1, 0.15) is 48.5 Å². The molecule has 0 fully saturated rings. The van der Waals surface area contributed by atoms with Gasteiger partial charge in [0.05, 0.1) is 12.3 Å². The molecule has 0 aliphatic heterocycles. The maximum Gasteiger partial charge on any atom is 0.257 e. The Morgan fingerprint density at radius 2 is 2.18 bits per heavy atom. The third-order valence-corrected chi connectivity index (χ3v) is 4.03. The molecule has 0 radical (unpaired) electrons. The summed E-state index contributed by atoms with van der Waals surface area (Å²) in [6.07, 6.45) is 0.900. The Morgan fingerprint density at radius 1 is 1.41 bits per heavy atom. The predicted octanol–water partition coefficient (Wildman–Crippen LogP) is 3.28. The highest BCUT2D eigenvalue weighted by molar-refractivity contribution is 7.15.